The topological polar surface area (TPSA) is 84.0 Å². The fourth-order valence-corrected chi connectivity index (χ4v) is 3.22. The molecule has 134 valence electrons. The van der Waals surface area contributed by atoms with Crippen LogP contribution in [0.3, 0.4) is 0 Å². The van der Waals surface area contributed by atoms with Crippen molar-refractivity contribution < 1.29 is 19.1 Å². The smallest absolute Gasteiger partial charge is 0.337 e. The number of benzene rings is 1. The molecule has 0 radical (unpaired) electrons. The number of rotatable bonds is 3. The second kappa shape index (κ2) is 6.50. The number of fused-ring (bicyclic) bond motifs is 2. The van der Waals surface area contributed by atoms with E-state index >= 15 is 0 Å². The Labute approximate surface area is 154 Å². The first-order chi connectivity index (χ1) is 13.1. The summed E-state index contributed by atoms with van der Waals surface area (Å²) in [5.74, 6) is -0.240. The number of ether oxygens (including phenoxy) is 2. The van der Waals surface area contributed by atoms with Crippen molar-refractivity contribution in [1.29, 1.82) is 5.26 Å². The molecule has 0 aliphatic carbocycles. The molecule has 0 N–H and O–H groups in total. The molecule has 7 nitrogen and oxygen atoms in total. The molecule has 0 atom stereocenters. The van der Waals surface area contributed by atoms with Crippen LogP contribution < -0.4 is 9.64 Å². The summed E-state index contributed by atoms with van der Waals surface area (Å²) in [6, 6.07) is 12.6. The minimum absolute atomic E-state index is 0.0974. The van der Waals surface area contributed by atoms with E-state index in [9.17, 15) is 14.9 Å². The number of hydrogen-bond donors (Lipinski definition) is 0. The summed E-state index contributed by atoms with van der Waals surface area (Å²) in [5.41, 5.74) is 2.81. The number of pyridine rings is 1. The van der Waals surface area contributed by atoms with Gasteiger partial charge in [-0.3, -0.25) is 4.79 Å². The van der Waals surface area contributed by atoms with Gasteiger partial charge in [-0.2, -0.15) is 5.26 Å². The lowest BCUT2D eigenvalue weighted by Gasteiger charge is -2.29. The Bertz CT molecular complexity index is 1110. The van der Waals surface area contributed by atoms with Crippen molar-refractivity contribution in [2.45, 2.75) is 6.54 Å². The van der Waals surface area contributed by atoms with Crippen molar-refractivity contribution in [2.75, 3.05) is 18.6 Å². The van der Waals surface area contributed by atoms with Gasteiger partial charge in [0.2, 0.25) is 0 Å². The number of amides is 1. The molecule has 1 amide bonds. The van der Waals surface area contributed by atoms with Crippen LogP contribution >= 0.6 is 0 Å². The largest absolute Gasteiger partial charge is 0.482 e. The third-order valence-corrected chi connectivity index (χ3v) is 4.53. The second-order valence-corrected chi connectivity index (χ2v) is 6.08. The Morgan fingerprint density at radius 3 is 2.96 bits per heavy atom. The van der Waals surface area contributed by atoms with E-state index in [0.717, 1.165) is 5.52 Å². The SMILES string of the molecule is COC(=O)c1ccc2c(c1)N(Cc1cn3ccccc3c1C#N)C(=O)CO2. The number of esters is 1. The van der Waals surface area contributed by atoms with Crippen LogP contribution in [0.15, 0.2) is 48.8 Å². The molecule has 0 bridgehead atoms. The standard InChI is InChI=1S/C20H15N3O4/c1-26-20(25)13-5-6-18-17(8-13)23(19(24)12-27-18)11-14-10-22-7-3-2-4-16(22)15(14)9-21/h2-8,10H,11-12H2,1H3. The van der Waals surface area contributed by atoms with Crippen LogP contribution in [-0.4, -0.2) is 30.0 Å². The lowest BCUT2D eigenvalue weighted by atomic mass is 10.1. The highest BCUT2D eigenvalue weighted by Crippen LogP contribution is 2.35. The van der Waals surface area contributed by atoms with E-state index in [4.69, 9.17) is 9.47 Å². The minimum Gasteiger partial charge on any atom is -0.482 e. The van der Waals surface area contributed by atoms with Crippen molar-refractivity contribution >= 4 is 23.1 Å². The van der Waals surface area contributed by atoms with Gasteiger partial charge in [0, 0.05) is 18.0 Å². The fourth-order valence-electron chi connectivity index (χ4n) is 3.22. The maximum atomic E-state index is 12.5. The predicted molar refractivity (Wildman–Crippen MR) is 96.6 cm³/mol. The Morgan fingerprint density at radius 2 is 2.19 bits per heavy atom. The predicted octanol–water partition coefficient (Wildman–Crippen LogP) is 2.52. The molecule has 0 fully saturated rings. The highest BCUT2D eigenvalue weighted by atomic mass is 16.5. The molecule has 0 spiro atoms. The van der Waals surface area contributed by atoms with Crippen molar-refractivity contribution in [1.82, 2.24) is 4.40 Å². The molecular weight excluding hydrogens is 346 g/mol. The van der Waals surface area contributed by atoms with E-state index in [1.807, 2.05) is 35.0 Å². The summed E-state index contributed by atoms with van der Waals surface area (Å²) >= 11 is 0. The third-order valence-electron chi connectivity index (χ3n) is 4.53. The first-order valence-electron chi connectivity index (χ1n) is 8.26. The molecule has 4 rings (SSSR count). The normalized spacial score (nSPS) is 13.0. The number of anilines is 1. The van der Waals surface area contributed by atoms with Crippen LogP contribution in [0.4, 0.5) is 5.69 Å². The fraction of sp³-hybridized carbons (Fsp3) is 0.150. The van der Waals surface area contributed by atoms with Gasteiger partial charge >= 0.3 is 5.97 Å². The Kier molecular flexibility index (Phi) is 4.01. The first kappa shape index (κ1) is 16.7. The van der Waals surface area contributed by atoms with Gasteiger partial charge in [-0.15, -0.1) is 0 Å². The van der Waals surface area contributed by atoms with Crippen LogP contribution in [0.2, 0.25) is 0 Å². The zero-order valence-electron chi connectivity index (χ0n) is 14.5. The van der Waals surface area contributed by atoms with E-state index in [0.29, 0.717) is 28.1 Å². The van der Waals surface area contributed by atoms with Gasteiger partial charge in [-0.1, -0.05) is 6.07 Å². The molecular formula is C20H15N3O4. The number of nitrogens with zero attached hydrogens (tertiary/aromatic N) is 3. The van der Waals surface area contributed by atoms with Gasteiger partial charge in [0.05, 0.1) is 36.0 Å². The van der Waals surface area contributed by atoms with Crippen molar-refractivity contribution in [3.05, 3.63) is 65.5 Å². The molecule has 1 aliphatic heterocycles. The van der Waals surface area contributed by atoms with E-state index in [1.54, 1.807) is 18.2 Å². The molecule has 1 aliphatic rings. The van der Waals surface area contributed by atoms with Crippen LogP contribution in [0.1, 0.15) is 21.5 Å². The average molecular weight is 361 g/mol. The molecule has 3 heterocycles. The maximum Gasteiger partial charge on any atom is 0.337 e. The van der Waals surface area contributed by atoms with Crippen LogP contribution in [0.25, 0.3) is 5.52 Å². The Morgan fingerprint density at radius 1 is 1.33 bits per heavy atom. The molecule has 1 aromatic carbocycles. The zero-order chi connectivity index (χ0) is 19.0. The quantitative estimate of drug-likeness (QED) is 0.670. The number of carbonyl (C=O) groups excluding carboxylic acids is 2. The van der Waals surface area contributed by atoms with E-state index < -0.39 is 5.97 Å². The van der Waals surface area contributed by atoms with Crippen LogP contribution in [-0.2, 0) is 16.1 Å². The molecule has 2 aromatic heterocycles. The summed E-state index contributed by atoms with van der Waals surface area (Å²) in [7, 11) is 1.30. The van der Waals surface area contributed by atoms with Gasteiger partial charge in [0.15, 0.2) is 6.61 Å². The third kappa shape index (κ3) is 2.77. The summed E-state index contributed by atoms with van der Waals surface area (Å²) < 4.78 is 12.1. The van der Waals surface area contributed by atoms with Gasteiger partial charge in [0.1, 0.15) is 11.8 Å². The lowest BCUT2D eigenvalue weighted by molar-refractivity contribution is -0.121. The molecule has 7 heteroatoms. The van der Waals surface area contributed by atoms with Crippen molar-refractivity contribution in [3.63, 3.8) is 0 Å². The van der Waals surface area contributed by atoms with Gasteiger partial charge in [0.25, 0.3) is 5.91 Å². The van der Waals surface area contributed by atoms with Crippen LogP contribution in [0.5, 0.6) is 5.75 Å². The summed E-state index contributed by atoms with van der Waals surface area (Å²) in [6.07, 6.45) is 3.69. The van der Waals surface area contributed by atoms with E-state index in [-0.39, 0.29) is 19.1 Å². The number of aromatic nitrogens is 1. The summed E-state index contributed by atoms with van der Waals surface area (Å²) in [4.78, 5) is 25.9. The highest BCUT2D eigenvalue weighted by molar-refractivity contribution is 6.00. The second-order valence-electron chi connectivity index (χ2n) is 6.08. The molecule has 27 heavy (non-hydrogen) atoms. The number of hydrogen-bond acceptors (Lipinski definition) is 5. The van der Waals surface area contributed by atoms with Crippen molar-refractivity contribution in [3.8, 4) is 11.8 Å². The highest BCUT2D eigenvalue weighted by Gasteiger charge is 2.28. The summed E-state index contributed by atoms with van der Waals surface area (Å²) in [6.45, 7) is 0.101. The maximum absolute atomic E-state index is 12.5. The number of methoxy groups -OCH3 is 1. The Balaban J connectivity index is 1.78. The number of carbonyl (C=O) groups is 2. The molecule has 0 saturated carbocycles. The first-order valence-corrected chi connectivity index (χ1v) is 8.26. The van der Waals surface area contributed by atoms with Crippen LogP contribution in [0, 0.1) is 11.3 Å². The van der Waals surface area contributed by atoms with E-state index in [1.165, 1.54) is 12.0 Å². The van der Waals surface area contributed by atoms with E-state index in [2.05, 4.69) is 6.07 Å². The molecule has 0 saturated heterocycles. The molecule has 0 unspecified atom stereocenters. The average Bonchev–Trinajstić information content (AvgIpc) is 3.06. The minimum atomic E-state index is -0.497. The van der Waals surface area contributed by atoms with Crippen molar-refractivity contribution in [2.24, 2.45) is 0 Å². The Hall–Kier alpha value is -3.79. The van der Waals surface area contributed by atoms with Gasteiger partial charge in [-0.25, -0.2) is 4.79 Å². The number of nitriles is 1. The van der Waals surface area contributed by atoms with Gasteiger partial charge in [-0.05, 0) is 30.3 Å². The zero-order valence-corrected chi connectivity index (χ0v) is 14.5. The monoisotopic (exact) mass is 361 g/mol. The summed E-state index contributed by atoms with van der Waals surface area (Å²) in [5, 5.41) is 9.59. The van der Waals surface area contributed by atoms with Gasteiger partial charge < -0.3 is 18.8 Å². The lowest BCUT2D eigenvalue weighted by Crippen LogP contribution is -2.38. The molecule has 3 aromatic rings.